The van der Waals surface area contributed by atoms with E-state index in [4.69, 9.17) is 6.42 Å². The van der Waals surface area contributed by atoms with Crippen LogP contribution in [0.15, 0.2) is 0 Å². The van der Waals surface area contributed by atoms with Crippen molar-refractivity contribution in [1.29, 1.82) is 0 Å². The molecule has 2 aliphatic heterocycles. The Bertz CT molecular complexity index is 445. The average molecular weight is 332 g/mol. The molecule has 130 valence electrons. The van der Waals surface area contributed by atoms with Crippen molar-refractivity contribution >= 4 is 5.91 Å². The summed E-state index contributed by atoms with van der Waals surface area (Å²) in [5.74, 6) is 1.75. The van der Waals surface area contributed by atoms with Crippen LogP contribution in [0.5, 0.6) is 0 Å². The maximum Gasteiger partial charge on any atom is 0.414 e. The molecule has 0 spiro atoms. The van der Waals surface area contributed by atoms with Gasteiger partial charge in [-0.2, -0.15) is 13.2 Å². The highest BCUT2D eigenvalue weighted by atomic mass is 19.4. The van der Waals surface area contributed by atoms with Crippen molar-refractivity contribution in [3.8, 4) is 12.3 Å². The highest BCUT2D eigenvalue weighted by Crippen LogP contribution is 2.32. The van der Waals surface area contributed by atoms with Gasteiger partial charge in [0.1, 0.15) is 0 Å². The third-order valence-corrected chi connectivity index (χ3v) is 4.88. The SMILES string of the molecule is C#CCN1CCC(C(=O)N2CCC(C(O)C(F)(F)F)CC2)CC1. The van der Waals surface area contributed by atoms with E-state index in [9.17, 15) is 23.1 Å². The number of terminal acetylenes is 1. The zero-order valence-corrected chi connectivity index (χ0v) is 13.1. The van der Waals surface area contributed by atoms with E-state index in [1.165, 1.54) is 0 Å². The molecule has 1 amide bonds. The van der Waals surface area contributed by atoms with Crippen molar-refractivity contribution in [1.82, 2.24) is 9.80 Å². The molecule has 1 unspecified atom stereocenters. The molecule has 0 bridgehead atoms. The van der Waals surface area contributed by atoms with Crippen LogP contribution in [-0.2, 0) is 4.79 Å². The highest BCUT2D eigenvalue weighted by Gasteiger charge is 2.44. The van der Waals surface area contributed by atoms with Crippen LogP contribution in [0.25, 0.3) is 0 Å². The van der Waals surface area contributed by atoms with Crippen molar-refractivity contribution in [3.63, 3.8) is 0 Å². The predicted molar refractivity (Wildman–Crippen MR) is 79.4 cm³/mol. The van der Waals surface area contributed by atoms with E-state index in [-0.39, 0.29) is 24.7 Å². The van der Waals surface area contributed by atoms with Crippen molar-refractivity contribution in [2.75, 3.05) is 32.7 Å². The first-order valence-electron chi connectivity index (χ1n) is 8.02. The lowest BCUT2D eigenvalue weighted by Gasteiger charge is -2.38. The molecule has 4 nitrogen and oxygen atoms in total. The topological polar surface area (TPSA) is 43.8 Å². The molecule has 0 aromatic carbocycles. The quantitative estimate of drug-likeness (QED) is 0.797. The van der Waals surface area contributed by atoms with E-state index in [2.05, 4.69) is 10.8 Å². The number of rotatable bonds is 3. The number of alkyl halides is 3. The first-order valence-corrected chi connectivity index (χ1v) is 8.02. The number of amides is 1. The largest absolute Gasteiger partial charge is 0.414 e. The smallest absolute Gasteiger partial charge is 0.383 e. The second-order valence-corrected chi connectivity index (χ2v) is 6.40. The van der Waals surface area contributed by atoms with E-state index >= 15 is 0 Å². The van der Waals surface area contributed by atoms with E-state index in [1.807, 2.05) is 0 Å². The van der Waals surface area contributed by atoms with Crippen LogP contribution < -0.4 is 0 Å². The predicted octanol–water partition coefficient (Wildman–Crippen LogP) is 1.49. The van der Waals surface area contributed by atoms with E-state index in [0.29, 0.717) is 19.6 Å². The monoisotopic (exact) mass is 332 g/mol. The minimum Gasteiger partial charge on any atom is -0.383 e. The summed E-state index contributed by atoms with van der Waals surface area (Å²) in [6.07, 6.45) is 0.280. The van der Waals surface area contributed by atoms with Gasteiger partial charge in [-0.3, -0.25) is 9.69 Å². The molecule has 1 N–H and O–H groups in total. The lowest BCUT2D eigenvalue weighted by atomic mass is 9.89. The van der Waals surface area contributed by atoms with E-state index < -0.39 is 18.2 Å². The van der Waals surface area contributed by atoms with Gasteiger partial charge in [-0.25, -0.2) is 0 Å². The molecule has 2 heterocycles. The number of halogens is 3. The molecule has 0 saturated carbocycles. The Kier molecular flexibility index (Phi) is 5.93. The maximum absolute atomic E-state index is 12.5. The Balaban J connectivity index is 1.79. The van der Waals surface area contributed by atoms with Gasteiger partial charge in [0.2, 0.25) is 5.91 Å². The number of aliphatic hydroxyl groups is 1. The summed E-state index contributed by atoms with van der Waals surface area (Å²) in [6, 6.07) is 0. The Hall–Kier alpha value is -1.26. The number of carbonyl (C=O) groups excluding carboxylic acids is 1. The fourth-order valence-electron chi connectivity index (χ4n) is 3.43. The molecule has 0 aromatic rings. The summed E-state index contributed by atoms with van der Waals surface area (Å²) in [5, 5.41) is 9.31. The Morgan fingerprint density at radius 2 is 1.74 bits per heavy atom. The van der Waals surface area contributed by atoms with Gasteiger partial charge in [0, 0.05) is 19.0 Å². The van der Waals surface area contributed by atoms with E-state index in [0.717, 1.165) is 25.9 Å². The molecule has 7 heteroatoms. The van der Waals surface area contributed by atoms with Crippen LogP contribution >= 0.6 is 0 Å². The highest BCUT2D eigenvalue weighted by molar-refractivity contribution is 5.79. The van der Waals surface area contributed by atoms with Gasteiger partial charge in [-0.05, 0) is 44.7 Å². The minimum absolute atomic E-state index is 0.0327. The third-order valence-electron chi connectivity index (χ3n) is 4.88. The van der Waals surface area contributed by atoms with Crippen LogP contribution in [0.3, 0.4) is 0 Å². The normalized spacial score (nSPS) is 23.5. The van der Waals surface area contributed by atoms with Gasteiger partial charge < -0.3 is 10.0 Å². The Labute approximate surface area is 134 Å². The second-order valence-electron chi connectivity index (χ2n) is 6.40. The lowest BCUT2D eigenvalue weighted by molar-refractivity contribution is -0.223. The van der Waals surface area contributed by atoms with Crippen LogP contribution in [0.2, 0.25) is 0 Å². The fraction of sp³-hybridized carbons (Fsp3) is 0.812. The van der Waals surface area contributed by atoms with Crippen molar-refractivity contribution < 1.29 is 23.1 Å². The first-order chi connectivity index (χ1) is 10.8. The second kappa shape index (κ2) is 7.54. The van der Waals surface area contributed by atoms with E-state index in [1.54, 1.807) is 4.90 Å². The van der Waals surface area contributed by atoms with Crippen molar-refractivity contribution in [2.24, 2.45) is 11.8 Å². The van der Waals surface area contributed by atoms with Crippen LogP contribution in [-0.4, -0.2) is 65.8 Å². The van der Waals surface area contributed by atoms with Crippen molar-refractivity contribution in [3.05, 3.63) is 0 Å². The van der Waals surface area contributed by atoms with Gasteiger partial charge in [0.25, 0.3) is 0 Å². The summed E-state index contributed by atoms with van der Waals surface area (Å²) in [5.41, 5.74) is 0. The average Bonchev–Trinajstić information content (AvgIpc) is 2.54. The third kappa shape index (κ3) is 4.61. The Morgan fingerprint density at radius 3 is 2.22 bits per heavy atom. The molecule has 2 aliphatic rings. The number of aliphatic hydroxyl groups excluding tert-OH is 1. The van der Waals surface area contributed by atoms with Crippen molar-refractivity contribution in [2.45, 2.75) is 38.0 Å². The van der Waals surface area contributed by atoms with Gasteiger partial charge in [-0.15, -0.1) is 6.42 Å². The Morgan fingerprint density at radius 1 is 1.17 bits per heavy atom. The number of piperidine rings is 2. The van der Waals surface area contributed by atoms with Crippen LogP contribution in [0.1, 0.15) is 25.7 Å². The lowest BCUT2D eigenvalue weighted by Crippen LogP contribution is -2.48. The van der Waals surface area contributed by atoms with Gasteiger partial charge in [0.05, 0.1) is 6.54 Å². The number of nitrogens with zero attached hydrogens (tertiary/aromatic N) is 2. The molecule has 2 saturated heterocycles. The van der Waals surface area contributed by atoms with Crippen LogP contribution in [0.4, 0.5) is 13.2 Å². The summed E-state index contributed by atoms with van der Waals surface area (Å²) in [7, 11) is 0. The maximum atomic E-state index is 12.5. The molecule has 0 aliphatic carbocycles. The fourth-order valence-corrected chi connectivity index (χ4v) is 3.43. The molecule has 2 fully saturated rings. The molecule has 1 atom stereocenters. The molecule has 0 radical (unpaired) electrons. The number of carbonyl (C=O) groups is 1. The van der Waals surface area contributed by atoms with Crippen LogP contribution in [0, 0.1) is 24.2 Å². The molecular weight excluding hydrogens is 309 g/mol. The van der Waals surface area contributed by atoms with Gasteiger partial charge in [0.15, 0.2) is 6.10 Å². The summed E-state index contributed by atoms with van der Waals surface area (Å²) in [6.45, 7) is 2.73. The summed E-state index contributed by atoms with van der Waals surface area (Å²) >= 11 is 0. The van der Waals surface area contributed by atoms with Gasteiger partial charge in [-0.1, -0.05) is 5.92 Å². The number of hydrogen-bond donors (Lipinski definition) is 1. The molecule has 23 heavy (non-hydrogen) atoms. The molecular formula is C16H23F3N2O2. The standard InChI is InChI=1S/C16H23F3N2O2/c1-2-7-20-8-3-13(4-9-20)15(23)21-10-5-12(6-11-21)14(22)16(17,18)19/h1,12-14,22H,3-11H2. The number of likely N-dealkylation sites (tertiary alicyclic amines) is 2. The molecule has 0 aromatic heterocycles. The number of hydrogen-bond acceptors (Lipinski definition) is 3. The minimum atomic E-state index is -4.58. The summed E-state index contributed by atoms with van der Waals surface area (Å²) in [4.78, 5) is 16.2. The zero-order valence-electron chi connectivity index (χ0n) is 13.1. The zero-order chi connectivity index (χ0) is 17.0. The van der Waals surface area contributed by atoms with Gasteiger partial charge >= 0.3 is 6.18 Å². The summed E-state index contributed by atoms with van der Waals surface area (Å²) < 4.78 is 37.6. The first kappa shape index (κ1) is 18.1. The molecule has 2 rings (SSSR count).